The molecule has 0 unspecified atom stereocenters. The number of hydrogen-bond acceptors (Lipinski definition) is 7. The number of azo groups is 1. The highest BCUT2D eigenvalue weighted by molar-refractivity contribution is 7.86. The molecule has 3 N–H and O–H groups in total. The van der Waals surface area contributed by atoms with Gasteiger partial charge in [-0.1, -0.05) is 47.5 Å². The molecule has 4 aromatic rings. The van der Waals surface area contributed by atoms with Crippen molar-refractivity contribution in [3.05, 3.63) is 81.8 Å². The van der Waals surface area contributed by atoms with Crippen molar-refractivity contribution in [2.45, 2.75) is 11.8 Å². The fourth-order valence-corrected chi connectivity index (χ4v) is 4.92. The lowest BCUT2D eigenvalue weighted by Gasteiger charge is -2.13. The van der Waals surface area contributed by atoms with Crippen LogP contribution in [-0.4, -0.2) is 31.1 Å². The summed E-state index contributed by atoms with van der Waals surface area (Å²) in [5.74, 6) is -0.823. The van der Waals surface area contributed by atoms with Gasteiger partial charge in [0.05, 0.1) is 18.4 Å². The van der Waals surface area contributed by atoms with Crippen molar-refractivity contribution in [1.82, 2.24) is 0 Å². The molecule has 4 aromatic carbocycles. The summed E-state index contributed by atoms with van der Waals surface area (Å²) >= 11 is 12.0. The van der Waals surface area contributed by atoms with E-state index in [1.165, 1.54) is 32.2 Å². The van der Waals surface area contributed by atoms with Gasteiger partial charge in [-0.25, -0.2) is 0 Å². The maximum absolute atomic E-state index is 13.2. The van der Waals surface area contributed by atoms with Gasteiger partial charge >= 0.3 is 0 Å². The summed E-state index contributed by atoms with van der Waals surface area (Å²) in [4.78, 5) is 12.6. The molecule has 0 aliphatic rings. The van der Waals surface area contributed by atoms with E-state index in [0.717, 1.165) is 6.07 Å². The standard InChI is InChI=1S/C25H19Cl2N3O6S/c1-13-9-16(27)12-21(37(33,34)35)22(13)29-30-23-17-6-4-3-5-14(17)10-18(24(23)31)25(32)28-19-11-15(26)7-8-20(19)36-2/h3-12,31H,1-2H3,(H,28,32)(H,33,34,35). The van der Waals surface area contributed by atoms with E-state index < -0.39 is 26.7 Å². The number of nitrogens with one attached hydrogen (secondary N) is 1. The fourth-order valence-electron chi connectivity index (χ4n) is 3.69. The molecule has 37 heavy (non-hydrogen) atoms. The number of aryl methyl sites for hydroxylation is 1. The molecule has 0 spiro atoms. The summed E-state index contributed by atoms with van der Waals surface area (Å²) in [6, 6.07) is 15.5. The number of carbonyl (C=O) groups excluding carboxylic acids is 1. The van der Waals surface area contributed by atoms with Gasteiger partial charge in [-0.15, -0.1) is 10.2 Å². The molecule has 0 bridgehead atoms. The first-order valence-corrected chi connectivity index (χ1v) is 12.8. The van der Waals surface area contributed by atoms with Crippen molar-refractivity contribution in [1.29, 1.82) is 0 Å². The number of phenols is 1. The molecule has 0 fully saturated rings. The van der Waals surface area contributed by atoms with Crippen LogP contribution in [0, 0.1) is 6.92 Å². The van der Waals surface area contributed by atoms with E-state index in [2.05, 4.69) is 15.5 Å². The van der Waals surface area contributed by atoms with Crippen LogP contribution in [0.5, 0.6) is 11.5 Å². The van der Waals surface area contributed by atoms with Gasteiger partial charge in [0.2, 0.25) is 0 Å². The highest BCUT2D eigenvalue weighted by atomic mass is 35.5. The van der Waals surface area contributed by atoms with Gasteiger partial charge < -0.3 is 15.2 Å². The van der Waals surface area contributed by atoms with Gasteiger partial charge in [0, 0.05) is 15.4 Å². The van der Waals surface area contributed by atoms with Gasteiger partial charge in [-0.05, 0) is 54.3 Å². The molecular formula is C25H19Cl2N3O6S. The summed E-state index contributed by atoms with van der Waals surface area (Å²) < 4.78 is 38.7. The number of aromatic hydroxyl groups is 1. The van der Waals surface area contributed by atoms with E-state index in [-0.39, 0.29) is 27.6 Å². The third kappa shape index (κ3) is 5.52. The summed E-state index contributed by atoms with van der Waals surface area (Å²) in [6.07, 6.45) is 0. The largest absolute Gasteiger partial charge is 0.505 e. The number of rotatable bonds is 6. The Morgan fingerprint density at radius 2 is 1.68 bits per heavy atom. The highest BCUT2D eigenvalue weighted by Gasteiger charge is 2.22. The number of amides is 1. The summed E-state index contributed by atoms with van der Waals surface area (Å²) in [6.45, 7) is 1.54. The van der Waals surface area contributed by atoms with Gasteiger partial charge in [-0.2, -0.15) is 8.42 Å². The number of nitrogens with zero attached hydrogens (tertiary/aromatic N) is 2. The fraction of sp³-hybridized carbons (Fsp3) is 0.0800. The molecule has 12 heteroatoms. The first-order chi connectivity index (χ1) is 17.5. The Balaban J connectivity index is 1.86. The second-order valence-corrected chi connectivity index (χ2v) is 10.1. The van der Waals surface area contributed by atoms with Crippen LogP contribution in [-0.2, 0) is 10.1 Å². The molecule has 0 heterocycles. The average Bonchev–Trinajstić information content (AvgIpc) is 2.83. The van der Waals surface area contributed by atoms with Crippen LogP contribution < -0.4 is 10.1 Å². The van der Waals surface area contributed by atoms with Crippen LogP contribution in [0.1, 0.15) is 15.9 Å². The number of halogens is 2. The third-order valence-electron chi connectivity index (χ3n) is 5.41. The van der Waals surface area contributed by atoms with Gasteiger partial charge in [0.25, 0.3) is 16.0 Å². The Morgan fingerprint density at radius 1 is 0.973 bits per heavy atom. The van der Waals surface area contributed by atoms with Gasteiger partial charge in [0.15, 0.2) is 5.75 Å². The van der Waals surface area contributed by atoms with E-state index in [1.807, 2.05) is 0 Å². The smallest absolute Gasteiger partial charge is 0.296 e. The third-order valence-corrected chi connectivity index (χ3v) is 6.73. The Hall–Kier alpha value is -3.70. The predicted octanol–water partition coefficient (Wildman–Crippen LogP) is 7.08. The minimum Gasteiger partial charge on any atom is -0.505 e. The van der Waals surface area contributed by atoms with E-state index >= 15 is 0 Å². The van der Waals surface area contributed by atoms with Crippen molar-refractivity contribution in [3.8, 4) is 11.5 Å². The molecule has 190 valence electrons. The van der Waals surface area contributed by atoms with E-state index in [4.69, 9.17) is 27.9 Å². The van der Waals surface area contributed by atoms with Gasteiger partial charge in [-0.3, -0.25) is 9.35 Å². The van der Waals surface area contributed by atoms with Crippen molar-refractivity contribution in [3.63, 3.8) is 0 Å². The number of anilines is 1. The molecule has 0 radical (unpaired) electrons. The van der Waals surface area contributed by atoms with Crippen molar-refractivity contribution in [2.24, 2.45) is 10.2 Å². The number of carbonyl (C=O) groups is 1. The summed E-state index contributed by atoms with van der Waals surface area (Å²) in [5.41, 5.74) is 0.211. The molecule has 4 rings (SSSR count). The number of fused-ring (bicyclic) bond motifs is 1. The Bertz CT molecular complexity index is 1690. The van der Waals surface area contributed by atoms with E-state index in [1.54, 1.807) is 36.4 Å². The minimum absolute atomic E-state index is 0.0764. The zero-order chi connectivity index (χ0) is 26.9. The van der Waals surface area contributed by atoms with E-state index in [0.29, 0.717) is 27.1 Å². The normalized spacial score (nSPS) is 11.7. The second-order valence-electron chi connectivity index (χ2n) is 7.89. The summed E-state index contributed by atoms with van der Waals surface area (Å²) in [7, 11) is -3.25. The van der Waals surface area contributed by atoms with Crippen LogP contribution in [0.3, 0.4) is 0 Å². The monoisotopic (exact) mass is 559 g/mol. The lowest BCUT2D eigenvalue weighted by atomic mass is 10.0. The number of phenolic OH excluding ortho intramolecular Hbond substituents is 1. The lowest BCUT2D eigenvalue weighted by Crippen LogP contribution is -2.13. The van der Waals surface area contributed by atoms with Crippen molar-refractivity contribution in [2.75, 3.05) is 12.4 Å². The van der Waals surface area contributed by atoms with Crippen LogP contribution in [0.2, 0.25) is 10.0 Å². The maximum atomic E-state index is 13.2. The Kier molecular flexibility index (Phi) is 7.37. The lowest BCUT2D eigenvalue weighted by molar-refractivity contribution is 0.102. The second kappa shape index (κ2) is 10.3. The molecular weight excluding hydrogens is 541 g/mol. The molecule has 0 aliphatic heterocycles. The number of benzene rings is 4. The summed E-state index contributed by atoms with van der Waals surface area (Å²) in [5, 5.41) is 23.3. The first-order valence-electron chi connectivity index (χ1n) is 10.6. The molecule has 0 saturated heterocycles. The average molecular weight is 560 g/mol. The van der Waals surface area contributed by atoms with E-state index in [9.17, 15) is 22.9 Å². The minimum atomic E-state index is -4.69. The maximum Gasteiger partial charge on any atom is 0.296 e. The predicted molar refractivity (Wildman–Crippen MR) is 142 cm³/mol. The van der Waals surface area contributed by atoms with Gasteiger partial charge in [0.1, 0.15) is 22.0 Å². The highest BCUT2D eigenvalue weighted by Crippen LogP contribution is 2.41. The number of ether oxygens (including phenoxy) is 1. The molecule has 0 saturated carbocycles. The van der Waals surface area contributed by atoms with Crippen LogP contribution in [0.15, 0.2) is 75.8 Å². The van der Waals surface area contributed by atoms with Crippen LogP contribution in [0.25, 0.3) is 10.8 Å². The zero-order valence-corrected chi connectivity index (χ0v) is 21.7. The molecule has 1 amide bonds. The number of methoxy groups -OCH3 is 1. The SMILES string of the molecule is COc1ccc(Cl)cc1NC(=O)c1cc2ccccc2c(N=Nc2c(C)cc(Cl)cc2S(=O)(=O)O)c1O. The Morgan fingerprint density at radius 3 is 2.38 bits per heavy atom. The first kappa shape index (κ1) is 26.4. The van der Waals surface area contributed by atoms with Crippen LogP contribution >= 0.6 is 23.2 Å². The molecule has 9 nitrogen and oxygen atoms in total. The van der Waals surface area contributed by atoms with Crippen molar-refractivity contribution < 1.29 is 27.6 Å². The topological polar surface area (TPSA) is 138 Å². The quantitative estimate of drug-likeness (QED) is 0.170. The van der Waals surface area contributed by atoms with Crippen molar-refractivity contribution >= 4 is 67.1 Å². The molecule has 0 aliphatic carbocycles. The molecule has 0 aromatic heterocycles. The number of hydrogen-bond donors (Lipinski definition) is 3. The Labute approximate surface area is 222 Å². The zero-order valence-electron chi connectivity index (χ0n) is 19.4. The molecule has 0 atom stereocenters. The van der Waals surface area contributed by atoms with Crippen LogP contribution in [0.4, 0.5) is 17.1 Å².